The molecule has 0 aliphatic heterocycles. The SMILES string of the molecule is COc1ccc(NC(=O)c2c(OC)cccc2OC)c(OC)c1C. The Morgan fingerprint density at radius 1 is 0.833 bits per heavy atom. The summed E-state index contributed by atoms with van der Waals surface area (Å²) in [5.74, 6) is 1.72. The molecule has 2 aromatic carbocycles. The maximum atomic E-state index is 12.7. The van der Waals surface area contributed by atoms with Crippen molar-refractivity contribution in [3.63, 3.8) is 0 Å². The van der Waals surface area contributed by atoms with E-state index >= 15 is 0 Å². The average molecular weight is 331 g/mol. The molecule has 6 nitrogen and oxygen atoms in total. The second-order valence-electron chi connectivity index (χ2n) is 4.97. The molecule has 2 rings (SSSR count). The predicted octanol–water partition coefficient (Wildman–Crippen LogP) is 3.28. The Bertz CT molecular complexity index is 720. The van der Waals surface area contributed by atoms with Crippen molar-refractivity contribution >= 4 is 11.6 Å². The molecule has 0 fully saturated rings. The maximum Gasteiger partial charge on any atom is 0.263 e. The van der Waals surface area contributed by atoms with Crippen LogP contribution in [0, 0.1) is 6.92 Å². The van der Waals surface area contributed by atoms with Crippen LogP contribution in [0.1, 0.15) is 15.9 Å². The van der Waals surface area contributed by atoms with Gasteiger partial charge in [-0.3, -0.25) is 4.79 Å². The Kier molecular flexibility index (Phi) is 5.52. The number of carbonyl (C=O) groups is 1. The van der Waals surface area contributed by atoms with Gasteiger partial charge in [0.2, 0.25) is 0 Å². The summed E-state index contributed by atoms with van der Waals surface area (Å²) in [5, 5.41) is 2.84. The number of anilines is 1. The number of nitrogens with one attached hydrogen (secondary N) is 1. The standard InChI is InChI=1S/C18H21NO5/c1-11-13(21-2)10-9-12(17(11)24-5)19-18(20)16-14(22-3)7-6-8-15(16)23-4/h6-10H,1-5H3,(H,19,20). The summed E-state index contributed by atoms with van der Waals surface area (Å²) in [7, 11) is 6.13. The second kappa shape index (κ2) is 7.59. The summed E-state index contributed by atoms with van der Waals surface area (Å²) in [6, 6.07) is 8.66. The molecule has 1 N–H and O–H groups in total. The van der Waals surface area contributed by atoms with E-state index in [1.807, 2.05) is 6.92 Å². The molecule has 1 amide bonds. The second-order valence-corrected chi connectivity index (χ2v) is 4.97. The molecule has 0 spiro atoms. The topological polar surface area (TPSA) is 66.0 Å². The Hall–Kier alpha value is -2.89. The summed E-state index contributed by atoms with van der Waals surface area (Å²) in [6.07, 6.45) is 0. The van der Waals surface area contributed by atoms with Gasteiger partial charge in [-0.1, -0.05) is 6.07 Å². The number of amides is 1. The summed E-state index contributed by atoms with van der Waals surface area (Å²) in [5.41, 5.74) is 1.65. The zero-order valence-corrected chi connectivity index (χ0v) is 14.4. The summed E-state index contributed by atoms with van der Waals surface area (Å²) < 4.78 is 21.2. The fourth-order valence-corrected chi connectivity index (χ4v) is 2.52. The van der Waals surface area contributed by atoms with E-state index < -0.39 is 0 Å². The highest BCUT2D eigenvalue weighted by Crippen LogP contribution is 2.36. The Morgan fingerprint density at radius 2 is 1.42 bits per heavy atom. The van der Waals surface area contributed by atoms with Gasteiger partial charge in [-0.15, -0.1) is 0 Å². The van der Waals surface area contributed by atoms with Crippen molar-refractivity contribution in [2.75, 3.05) is 33.8 Å². The summed E-state index contributed by atoms with van der Waals surface area (Å²) >= 11 is 0. The van der Waals surface area contributed by atoms with Crippen LogP contribution in [0.3, 0.4) is 0 Å². The average Bonchev–Trinajstić information content (AvgIpc) is 2.61. The summed E-state index contributed by atoms with van der Waals surface area (Å²) in [6.45, 7) is 1.86. The molecule has 0 radical (unpaired) electrons. The lowest BCUT2D eigenvalue weighted by molar-refractivity contribution is 0.102. The van der Waals surface area contributed by atoms with E-state index in [4.69, 9.17) is 18.9 Å². The van der Waals surface area contributed by atoms with Gasteiger partial charge in [0.05, 0.1) is 34.1 Å². The molecule has 0 atom stereocenters. The van der Waals surface area contributed by atoms with Gasteiger partial charge in [0, 0.05) is 5.56 Å². The minimum Gasteiger partial charge on any atom is -0.496 e. The lowest BCUT2D eigenvalue weighted by Crippen LogP contribution is -2.15. The van der Waals surface area contributed by atoms with Gasteiger partial charge >= 0.3 is 0 Å². The Morgan fingerprint density at radius 3 is 1.92 bits per heavy atom. The molecule has 24 heavy (non-hydrogen) atoms. The highest BCUT2D eigenvalue weighted by Gasteiger charge is 2.20. The first kappa shape index (κ1) is 17.5. The minimum absolute atomic E-state index is 0.318. The Balaban J connectivity index is 2.43. The van der Waals surface area contributed by atoms with E-state index in [1.54, 1.807) is 44.6 Å². The molecular weight excluding hydrogens is 310 g/mol. The smallest absolute Gasteiger partial charge is 0.263 e. The molecule has 0 saturated carbocycles. The number of hydrogen-bond donors (Lipinski definition) is 1. The van der Waals surface area contributed by atoms with Crippen molar-refractivity contribution in [1.29, 1.82) is 0 Å². The monoisotopic (exact) mass is 331 g/mol. The van der Waals surface area contributed by atoms with E-state index in [2.05, 4.69) is 5.32 Å². The molecule has 0 aliphatic rings. The number of ether oxygens (including phenoxy) is 4. The van der Waals surface area contributed by atoms with Crippen molar-refractivity contribution in [3.05, 3.63) is 41.5 Å². The van der Waals surface area contributed by atoms with Gasteiger partial charge in [-0.05, 0) is 31.2 Å². The van der Waals surface area contributed by atoms with E-state index in [-0.39, 0.29) is 5.91 Å². The van der Waals surface area contributed by atoms with Crippen LogP contribution in [0.25, 0.3) is 0 Å². The number of benzene rings is 2. The van der Waals surface area contributed by atoms with Crippen LogP contribution in [-0.2, 0) is 0 Å². The molecular formula is C18H21NO5. The molecule has 0 aliphatic carbocycles. The molecule has 6 heteroatoms. The van der Waals surface area contributed by atoms with Gasteiger partial charge in [0.25, 0.3) is 5.91 Å². The van der Waals surface area contributed by atoms with Gasteiger partial charge < -0.3 is 24.3 Å². The molecule has 2 aromatic rings. The van der Waals surface area contributed by atoms with Crippen LogP contribution in [0.4, 0.5) is 5.69 Å². The van der Waals surface area contributed by atoms with Crippen molar-refractivity contribution in [1.82, 2.24) is 0 Å². The zero-order valence-electron chi connectivity index (χ0n) is 14.4. The first-order chi connectivity index (χ1) is 11.6. The fraction of sp³-hybridized carbons (Fsp3) is 0.278. The van der Waals surface area contributed by atoms with E-state index in [0.717, 1.165) is 5.56 Å². The largest absolute Gasteiger partial charge is 0.496 e. The quantitative estimate of drug-likeness (QED) is 0.880. The molecule has 0 unspecified atom stereocenters. The van der Waals surface area contributed by atoms with E-state index in [1.165, 1.54) is 14.2 Å². The van der Waals surface area contributed by atoms with Gasteiger partial charge in [-0.25, -0.2) is 0 Å². The molecule has 0 bridgehead atoms. The first-order valence-electron chi connectivity index (χ1n) is 7.31. The van der Waals surface area contributed by atoms with Gasteiger partial charge in [0.1, 0.15) is 28.6 Å². The van der Waals surface area contributed by atoms with Crippen LogP contribution >= 0.6 is 0 Å². The van der Waals surface area contributed by atoms with Crippen LogP contribution in [-0.4, -0.2) is 34.3 Å². The van der Waals surface area contributed by atoms with E-state index in [9.17, 15) is 4.79 Å². The third kappa shape index (κ3) is 3.22. The van der Waals surface area contributed by atoms with Crippen LogP contribution < -0.4 is 24.3 Å². The van der Waals surface area contributed by atoms with Crippen LogP contribution in [0.5, 0.6) is 23.0 Å². The zero-order chi connectivity index (χ0) is 17.7. The van der Waals surface area contributed by atoms with Crippen molar-refractivity contribution in [2.45, 2.75) is 6.92 Å². The van der Waals surface area contributed by atoms with Crippen molar-refractivity contribution in [3.8, 4) is 23.0 Å². The lowest BCUT2D eigenvalue weighted by atomic mass is 10.1. The third-order valence-corrected chi connectivity index (χ3v) is 3.68. The highest BCUT2D eigenvalue weighted by atomic mass is 16.5. The normalized spacial score (nSPS) is 10.0. The van der Waals surface area contributed by atoms with Crippen LogP contribution in [0.2, 0.25) is 0 Å². The fourth-order valence-electron chi connectivity index (χ4n) is 2.52. The van der Waals surface area contributed by atoms with Gasteiger partial charge in [-0.2, -0.15) is 0 Å². The number of hydrogen-bond acceptors (Lipinski definition) is 5. The molecule has 0 saturated heterocycles. The van der Waals surface area contributed by atoms with Crippen molar-refractivity contribution in [2.24, 2.45) is 0 Å². The lowest BCUT2D eigenvalue weighted by Gasteiger charge is -2.17. The number of rotatable bonds is 6. The summed E-state index contributed by atoms with van der Waals surface area (Å²) in [4.78, 5) is 12.7. The van der Waals surface area contributed by atoms with Gasteiger partial charge in [0.15, 0.2) is 0 Å². The number of methoxy groups -OCH3 is 4. The minimum atomic E-state index is -0.354. The van der Waals surface area contributed by atoms with E-state index in [0.29, 0.717) is 34.2 Å². The molecule has 0 aromatic heterocycles. The number of carbonyl (C=O) groups excluding carboxylic acids is 1. The molecule has 128 valence electrons. The first-order valence-corrected chi connectivity index (χ1v) is 7.31. The van der Waals surface area contributed by atoms with Crippen LogP contribution in [0.15, 0.2) is 30.3 Å². The Labute approximate surface area is 141 Å². The highest BCUT2D eigenvalue weighted by molar-refractivity contribution is 6.09. The maximum absolute atomic E-state index is 12.7. The third-order valence-electron chi connectivity index (χ3n) is 3.68. The van der Waals surface area contributed by atoms with Crippen molar-refractivity contribution < 1.29 is 23.7 Å². The molecule has 0 heterocycles. The predicted molar refractivity (Wildman–Crippen MR) is 91.8 cm³/mol.